The molecule has 0 aromatic carbocycles. The Morgan fingerprint density at radius 3 is 2.92 bits per heavy atom. The van der Waals surface area contributed by atoms with Crippen LogP contribution in [0.15, 0.2) is 18.2 Å². The third-order valence-electron chi connectivity index (χ3n) is 4.73. The number of amides is 2. The van der Waals surface area contributed by atoms with Gasteiger partial charge in [-0.3, -0.25) is 14.5 Å². The number of nitrogens with two attached hydrogens (primary N) is 1. The average molecular weight is 347 g/mol. The van der Waals surface area contributed by atoms with E-state index in [0.717, 1.165) is 13.0 Å². The van der Waals surface area contributed by atoms with Crippen molar-refractivity contribution in [2.45, 2.75) is 31.0 Å². The van der Waals surface area contributed by atoms with Crippen LogP contribution in [0, 0.1) is 0 Å². The largest absolute Gasteiger partial charge is 0.384 e. The maximum atomic E-state index is 12.3. The number of nitrogens with zero attached hydrogens (tertiary/aromatic N) is 3. The standard InChI is InChI=1S/C17H25N5O3/c1-21(2)16(23)7-13-9-22-8-11(6-12(22)10-25-13)19-17(24)14-4-3-5-15(18)20-14/h3-5,11-13H,6-10H2,1-2H3,(H2,18,20)(H,19,24)/t11-,12+,13+/m1/s1. The Kier molecular flexibility index (Phi) is 5.19. The van der Waals surface area contributed by atoms with Crippen molar-refractivity contribution in [2.75, 3.05) is 39.5 Å². The van der Waals surface area contributed by atoms with Crippen molar-refractivity contribution in [1.82, 2.24) is 20.1 Å². The highest BCUT2D eigenvalue weighted by Gasteiger charge is 2.38. The van der Waals surface area contributed by atoms with E-state index in [1.807, 2.05) is 0 Å². The minimum atomic E-state index is -0.211. The summed E-state index contributed by atoms with van der Waals surface area (Å²) in [5.74, 6) is 0.191. The third kappa shape index (κ3) is 4.26. The van der Waals surface area contributed by atoms with Crippen molar-refractivity contribution in [1.29, 1.82) is 0 Å². The molecule has 2 amide bonds. The molecule has 3 N–H and O–H groups in total. The van der Waals surface area contributed by atoms with Crippen LogP contribution in [0.4, 0.5) is 5.82 Å². The number of hydrogen-bond acceptors (Lipinski definition) is 6. The van der Waals surface area contributed by atoms with Crippen LogP contribution in [0.25, 0.3) is 0 Å². The summed E-state index contributed by atoms with van der Waals surface area (Å²) in [6.45, 7) is 2.07. The maximum Gasteiger partial charge on any atom is 0.270 e. The Morgan fingerprint density at radius 1 is 1.40 bits per heavy atom. The molecule has 25 heavy (non-hydrogen) atoms. The molecule has 0 unspecified atom stereocenters. The number of aromatic nitrogens is 1. The van der Waals surface area contributed by atoms with Gasteiger partial charge in [0.1, 0.15) is 11.5 Å². The van der Waals surface area contributed by atoms with Gasteiger partial charge in [0.2, 0.25) is 5.91 Å². The van der Waals surface area contributed by atoms with E-state index in [2.05, 4.69) is 15.2 Å². The van der Waals surface area contributed by atoms with Gasteiger partial charge in [0, 0.05) is 39.3 Å². The number of nitrogen functional groups attached to an aromatic ring is 1. The van der Waals surface area contributed by atoms with Crippen LogP contribution >= 0.6 is 0 Å². The van der Waals surface area contributed by atoms with Crippen molar-refractivity contribution in [2.24, 2.45) is 0 Å². The molecular formula is C17H25N5O3. The van der Waals surface area contributed by atoms with Crippen LogP contribution in [0.2, 0.25) is 0 Å². The smallest absolute Gasteiger partial charge is 0.270 e. The number of ether oxygens (including phenoxy) is 1. The number of carbonyl (C=O) groups excluding carboxylic acids is 2. The number of carbonyl (C=O) groups is 2. The van der Waals surface area contributed by atoms with E-state index in [9.17, 15) is 9.59 Å². The minimum Gasteiger partial charge on any atom is -0.384 e. The fourth-order valence-electron chi connectivity index (χ4n) is 3.39. The molecule has 0 radical (unpaired) electrons. The normalized spacial score (nSPS) is 26.1. The zero-order valence-electron chi connectivity index (χ0n) is 14.6. The SMILES string of the molecule is CN(C)C(=O)C[C@H]1CN2C[C@H](NC(=O)c3cccc(N)n3)C[C@H]2CO1. The Morgan fingerprint density at radius 2 is 2.20 bits per heavy atom. The molecule has 3 heterocycles. The summed E-state index contributed by atoms with van der Waals surface area (Å²) in [6, 6.07) is 5.35. The molecule has 8 nitrogen and oxygen atoms in total. The van der Waals surface area contributed by atoms with Gasteiger partial charge in [0.05, 0.1) is 19.1 Å². The number of fused-ring (bicyclic) bond motifs is 1. The predicted molar refractivity (Wildman–Crippen MR) is 92.9 cm³/mol. The molecule has 3 atom stereocenters. The molecule has 136 valence electrons. The molecule has 3 rings (SSSR count). The molecular weight excluding hydrogens is 322 g/mol. The number of morpholine rings is 1. The predicted octanol–water partition coefficient (Wildman–Crippen LogP) is -0.286. The summed E-state index contributed by atoms with van der Waals surface area (Å²) in [4.78, 5) is 32.1. The highest BCUT2D eigenvalue weighted by Crippen LogP contribution is 2.24. The first-order valence-electron chi connectivity index (χ1n) is 8.51. The number of nitrogens with one attached hydrogen (secondary N) is 1. The molecule has 2 aliphatic heterocycles. The third-order valence-corrected chi connectivity index (χ3v) is 4.73. The Labute approximate surface area is 147 Å². The van der Waals surface area contributed by atoms with E-state index in [1.54, 1.807) is 37.2 Å². The molecule has 0 saturated carbocycles. The number of pyridine rings is 1. The minimum absolute atomic E-state index is 0.0487. The second-order valence-electron chi connectivity index (χ2n) is 6.91. The summed E-state index contributed by atoms with van der Waals surface area (Å²) in [5, 5.41) is 3.02. The first kappa shape index (κ1) is 17.6. The molecule has 0 spiro atoms. The quantitative estimate of drug-likeness (QED) is 0.776. The molecule has 1 aromatic rings. The number of anilines is 1. The zero-order valence-corrected chi connectivity index (χ0v) is 14.6. The van der Waals surface area contributed by atoms with Gasteiger partial charge in [-0.05, 0) is 18.6 Å². The summed E-state index contributed by atoms with van der Waals surface area (Å²) in [6.07, 6.45) is 1.14. The molecule has 2 fully saturated rings. The molecule has 2 aliphatic rings. The lowest BCUT2D eigenvalue weighted by atomic mass is 10.1. The maximum absolute atomic E-state index is 12.3. The average Bonchev–Trinajstić information content (AvgIpc) is 2.96. The highest BCUT2D eigenvalue weighted by atomic mass is 16.5. The van der Waals surface area contributed by atoms with Gasteiger partial charge in [-0.1, -0.05) is 6.07 Å². The fraction of sp³-hybridized carbons (Fsp3) is 0.588. The zero-order chi connectivity index (χ0) is 18.0. The topological polar surface area (TPSA) is 101 Å². The van der Waals surface area contributed by atoms with Crippen LogP contribution < -0.4 is 11.1 Å². The van der Waals surface area contributed by atoms with Crippen molar-refractivity contribution >= 4 is 17.6 Å². The lowest BCUT2D eigenvalue weighted by molar-refractivity contribution is -0.134. The van der Waals surface area contributed by atoms with E-state index in [0.29, 0.717) is 31.1 Å². The second-order valence-corrected chi connectivity index (χ2v) is 6.91. The van der Waals surface area contributed by atoms with Gasteiger partial charge in [-0.2, -0.15) is 0 Å². The molecule has 8 heteroatoms. The lowest BCUT2D eigenvalue weighted by Crippen LogP contribution is -2.47. The Bertz CT molecular complexity index is 651. The van der Waals surface area contributed by atoms with Crippen LogP contribution in [0.1, 0.15) is 23.3 Å². The molecule has 2 saturated heterocycles. The number of rotatable bonds is 4. The van der Waals surface area contributed by atoms with Crippen LogP contribution in [0.5, 0.6) is 0 Å². The van der Waals surface area contributed by atoms with Gasteiger partial charge in [-0.15, -0.1) is 0 Å². The van der Waals surface area contributed by atoms with E-state index < -0.39 is 0 Å². The van der Waals surface area contributed by atoms with E-state index in [-0.39, 0.29) is 30.0 Å². The second kappa shape index (κ2) is 7.37. The first-order chi connectivity index (χ1) is 11.9. The van der Waals surface area contributed by atoms with E-state index in [1.165, 1.54) is 0 Å². The molecule has 0 bridgehead atoms. The van der Waals surface area contributed by atoms with Gasteiger partial charge in [0.25, 0.3) is 5.91 Å². The Hall–Kier alpha value is -2.19. The van der Waals surface area contributed by atoms with E-state index in [4.69, 9.17) is 10.5 Å². The Balaban J connectivity index is 1.53. The van der Waals surface area contributed by atoms with Crippen molar-refractivity contribution in [3.05, 3.63) is 23.9 Å². The van der Waals surface area contributed by atoms with Crippen molar-refractivity contribution in [3.8, 4) is 0 Å². The van der Waals surface area contributed by atoms with E-state index >= 15 is 0 Å². The first-order valence-corrected chi connectivity index (χ1v) is 8.51. The van der Waals surface area contributed by atoms with Crippen LogP contribution in [0.3, 0.4) is 0 Å². The number of hydrogen-bond donors (Lipinski definition) is 2. The van der Waals surface area contributed by atoms with Gasteiger partial charge in [-0.25, -0.2) is 4.98 Å². The highest BCUT2D eigenvalue weighted by molar-refractivity contribution is 5.92. The molecule has 0 aliphatic carbocycles. The summed E-state index contributed by atoms with van der Waals surface area (Å²) < 4.78 is 5.84. The van der Waals surface area contributed by atoms with Gasteiger partial charge >= 0.3 is 0 Å². The summed E-state index contributed by atoms with van der Waals surface area (Å²) in [7, 11) is 3.50. The fourth-order valence-corrected chi connectivity index (χ4v) is 3.39. The van der Waals surface area contributed by atoms with Crippen molar-refractivity contribution in [3.63, 3.8) is 0 Å². The molecule has 1 aromatic heterocycles. The lowest BCUT2D eigenvalue weighted by Gasteiger charge is -2.35. The summed E-state index contributed by atoms with van der Waals surface area (Å²) >= 11 is 0. The summed E-state index contributed by atoms with van der Waals surface area (Å²) in [5.41, 5.74) is 5.96. The van der Waals surface area contributed by atoms with Crippen molar-refractivity contribution < 1.29 is 14.3 Å². The monoisotopic (exact) mass is 347 g/mol. The van der Waals surface area contributed by atoms with Crippen LogP contribution in [-0.2, 0) is 9.53 Å². The van der Waals surface area contributed by atoms with Gasteiger partial charge in [0.15, 0.2) is 0 Å². The van der Waals surface area contributed by atoms with Gasteiger partial charge < -0.3 is 20.7 Å². The van der Waals surface area contributed by atoms with Crippen LogP contribution in [-0.4, -0.2) is 78.6 Å².